The lowest BCUT2D eigenvalue weighted by atomic mass is 10.0. The van der Waals surface area contributed by atoms with Gasteiger partial charge in [0.1, 0.15) is 11.9 Å². The van der Waals surface area contributed by atoms with Crippen molar-refractivity contribution in [3.63, 3.8) is 0 Å². The number of rotatable bonds is 1. The average molecular weight is 253 g/mol. The molecule has 0 radical (unpaired) electrons. The number of carbonyl (C=O) groups is 1. The fraction of sp³-hybridized carbons (Fsp3) is 0.182. The van der Waals surface area contributed by atoms with Crippen molar-refractivity contribution >= 4 is 21.7 Å². The van der Waals surface area contributed by atoms with Crippen molar-refractivity contribution in [2.75, 3.05) is 0 Å². The maximum Gasteiger partial charge on any atom is 0.170 e. The zero-order valence-electron chi connectivity index (χ0n) is 7.50. The Kier molecular flexibility index (Phi) is 2.42. The van der Waals surface area contributed by atoms with Gasteiger partial charge >= 0.3 is 0 Å². The van der Waals surface area contributed by atoms with E-state index in [0.717, 1.165) is 4.47 Å². The highest BCUT2D eigenvalue weighted by Crippen LogP contribution is 2.30. The van der Waals surface area contributed by atoms with Crippen molar-refractivity contribution in [1.29, 1.82) is 0 Å². The third-order valence-electron chi connectivity index (χ3n) is 2.17. The topological polar surface area (TPSA) is 26.3 Å². The van der Waals surface area contributed by atoms with Crippen molar-refractivity contribution in [2.24, 2.45) is 0 Å². The molecule has 72 valence electrons. The van der Waals surface area contributed by atoms with Crippen LogP contribution in [0.15, 0.2) is 35.3 Å². The lowest BCUT2D eigenvalue weighted by Gasteiger charge is -2.22. The van der Waals surface area contributed by atoms with Crippen LogP contribution in [0, 0.1) is 0 Å². The number of carbonyl (C=O) groups excluding carboxylic acids is 1. The standard InChI is InChI=1S/C11H9BrO2/c1-2-8-6-10(13)9-4-3-7(12)5-11(9)14-8/h2-5,8H,1,6H2. The molecule has 2 rings (SSSR count). The number of Topliss-reactive ketones (excluding diaryl/α,β-unsaturated/α-hetero) is 1. The maximum atomic E-state index is 11.6. The monoisotopic (exact) mass is 252 g/mol. The average Bonchev–Trinajstić information content (AvgIpc) is 2.16. The van der Waals surface area contributed by atoms with E-state index in [2.05, 4.69) is 22.5 Å². The smallest absolute Gasteiger partial charge is 0.170 e. The molecule has 0 fully saturated rings. The Labute approximate surface area is 90.7 Å². The highest BCUT2D eigenvalue weighted by molar-refractivity contribution is 9.10. The van der Waals surface area contributed by atoms with Crippen molar-refractivity contribution in [1.82, 2.24) is 0 Å². The first kappa shape index (κ1) is 9.46. The highest BCUT2D eigenvalue weighted by atomic mass is 79.9. The van der Waals surface area contributed by atoms with Gasteiger partial charge in [-0.15, -0.1) is 0 Å². The second kappa shape index (κ2) is 3.58. The Hall–Kier alpha value is -1.09. The van der Waals surface area contributed by atoms with Crippen LogP contribution in [0.25, 0.3) is 0 Å². The first-order valence-corrected chi connectivity index (χ1v) is 5.12. The predicted octanol–water partition coefficient (Wildman–Crippen LogP) is 2.97. The van der Waals surface area contributed by atoms with Crippen LogP contribution >= 0.6 is 15.9 Å². The molecule has 0 amide bonds. The summed E-state index contributed by atoms with van der Waals surface area (Å²) < 4.78 is 6.47. The molecule has 1 aliphatic rings. The van der Waals surface area contributed by atoms with Crippen molar-refractivity contribution < 1.29 is 9.53 Å². The zero-order valence-corrected chi connectivity index (χ0v) is 9.08. The second-order valence-electron chi connectivity index (χ2n) is 3.16. The molecule has 14 heavy (non-hydrogen) atoms. The lowest BCUT2D eigenvalue weighted by molar-refractivity contribution is 0.0894. The number of ether oxygens (including phenoxy) is 1. The van der Waals surface area contributed by atoms with Gasteiger partial charge in [-0.05, 0) is 18.2 Å². The van der Waals surface area contributed by atoms with Crippen LogP contribution in [0.1, 0.15) is 16.8 Å². The molecule has 0 N–H and O–H groups in total. The van der Waals surface area contributed by atoms with Crippen molar-refractivity contribution in [3.8, 4) is 5.75 Å². The maximum absolute atomic E-state index is 11.6. The van der Waals surface area contributed by atoms with E-state index in [1.165, 1.54) is 0 Å². The van der Waals surface area contributed by atoms with Gasteiger partial charge in [-0.25, -0.2) is 0 Å². The molecule has 0 aliphatic carbocycles. The van der Waals surface area contributed by atoms with Gasteiger partial charge in [-0.1, -0.05) is 28.6 Å². The Morgan fingerprint density at radius 1 is 1.57 bits per heavy atom. The van der Waals surface area contributed by atoms with E-state index in [1.807, 2.05) is 12.1 Å². The Morgan fingerprint density at radius 3 is 3.07 bits per heavy atom. The fourth-order valence-electron chi connectivity index (χ4n) is 1.45. The highest BCUT2D eigenvalue weighted by Gasteiger charge is 2.24. The molecule has 1 atom stereocenters. The first-order valence-electron chi connectivity index (χ1n) is 4.32. The van der Waals surface area contributed by atoms with Crippen LogP contribution in [0.3, 0.4) is 0 Å². The number of ketones is 1. The van der Waals surface area contributed by atoms with Gasteiger partial charge in [-0.3, -0.25) is 4.79 Å². The summed E-state index contributed by atoms with van der Waals surface area (Å²) in [5.74, 6) is 0.754. The number of hydrogen-bond donors (Lipinski definition) is 0. The third-order valence-corrected chi connectivity index (χ3v) is 2.67. The molecule has 1 aliphatic heterocycles. The van der Waals surface area contributed by atoms with Crippen LogP contribution in [-0.2, 0) is 0 Å². The minimum absolute atomic E-state index is 0.114. The number of halogens is 1. The SMILES string of the molecule is C=CC1CC(=O)c2ccc(Br)cc2O1. The minimum atomic E-state index is -0.190. The van der Waals surface area contributed by atoms with Gasteiger partial charge in [0.25, 0.3) is 0 Å². The normalized spacial score (nSPS) is 19.8. The number of hydrogen-bond acceptors (Lipinski definition) is 2. The third kappa shape index (κ3) is 1.60. The summed E-state index contributed by atoms with van der Waals surface area (Å²) in [4.78, 5) is 11.6. The molecule has 1 aromatic rings. The van der Waals surface area contributed by atoms with Crippen molar-refractivity contribution in [2.45, 2.75) is 12.5 Å². The van der Waals surface area contributed by atoms with Gasteiger partial charge in [0.05, 0.1) is 12.0 Å². The summed E-state index contributed by atoms with van der Waals surface area (Å²) in [6, 6.07) is 5.43. The van der Waals surface area contributed by atoms with E-state index >= 15 is 0 Å². The van der Waals surface area contributed by atoms with Gasteiger partial charge in [-0.2, -0.15) is 0 Å². The van der Waals surface area contributed by atoms with Crippen LogP contribution < -0.4 is 4.74 Å². The lowest BCUT2D eigenvalue weighted by Crippen LogP contribution is -2.24. The summed E-state index contributed by atoms with van der Waals surface area (Å²) in [6.07, 6.45) is 1.85. The second-order valence-corrected chi connectivity index (χ2v) is 4.08. The molecule has 0 saturated carbocycles. The molecule has 1 aromatic carbocycles. The van der Waals surface area contributed by atoms with Gasteiger partial charge < -0.3 is 4.74 Å². The van der Waals surface area contributed by atoms with Crippen molar-refractivity contribution in [3.05, 3.63) is 40.9 Å². The van der Waals surface area contributed by atoms with Gasteiger partial charge in [0.15, 0.2) is 5.78 Å². The van der Waals surface area contributed by atoms with E-state index < -0.39 is 0 Å². The zero-order chi connectivity index (χ0) is 10.1. The van der Waals surface area contributed by atoms with E-state index in [9.17, 15) is 4.79 Å². The van der Waals surface area contributed by atoms with Crippen LogP contribution in [0.2, 0.25) is 0 Å². The van der Waals surface area contributed by atoms with E-state index in [1.54, 1.807) is 12.1 Å². The molecule has 1 unspecified atom stereocenters. The Balaban J connectivity index is 2.45. The molecule has 0 aromatic heterocycles. The van der Waals surface area contributed by atoms with Gasteiger partial charge in [0, 0.05) is 4.47 Å². The molecule has 2 nitrogen and oxygen atoms in total. The summed E-state index contributed by atoms with van der Waals surface area (Å²) in [6.45, 7) is 3.63. The van der Waals surface area contributed by atoms with Crippen LogP contribution in [0.5, 0.6) is 5.75 Å². The predicted molar refractivity (Wildman–Crippen MR) is 57.7 cm³/mol. The summed E-state index contributed by atoms with van der Waals surface area (Å²) >= 11 is 3.34. The molecular formula is C11H9BrO2. The first-order chi connectivity index (χ1) is 6.70. The Morgan fingerprint density at radius 2 is 2.36 bits per heavy atom. The van der Waals surface area contributed by atoms with Gasteiger partial charge in [0.2, 0.25) is 0 Å². The quantitative estimate of drug-likeness (QED) is 0.719. The molecule has 0 saturated heterocycles. The minimum Gasteiger partial charge on any atom is -0.485 e. The summed E-state index contributed by atoms with van der Waals surface area (Å²) in [5.41, 5.74) is 0.659. The molecule has 0 spiro atoms. The molecule has 1 heterocycles. The number of benzene rings is 1. The van der Waals surface area contributed by atoms with Crippen LogP contribution in [0.4, 0.5) is 0 Å². The Bertz CT molecular complexity index is 398. The van der Waals surface area contributed by atoms with E-state index in [-0.39, 0.29) is 11.9 Å². The van der Waals surface area contributed by atoms with Crippen LogP contribution in [-0.4, -0.2) is 11.9 Å². The summed E-state index contributed by atoms with van der Waals surface area (Å²) in [7, 11) is 0. The molecule has 0 bridgehead atoms. The van der Waals surface area contributed by atoms with E-state index in [4.69, 9.17) is 4.74 Å². The molecular weight excluding hydrogens is 244 g/mol. The largest absolute Gasteiger partial charge is 0.485 e. The summed E-state index contributed by atoms with van der Waals surface area (Å²) in [5, 5.41) is 0. The fourth-order valence-corrected chi connectivity index (χ4v) is 1.79. The number of fused-ring (bicyclic) bond motifs is 1. The molecule has 3 heteroatoms. The van der Waals surface area contributed by atoms with E-state index in [0.29, 0.717) is 17.7 Å².